The quantitative estimate of drug-likeness (QED) is 0.288. The molecule has 4 rings (SSSR count). The highest BCUT2D eigenvalue weighted by molar-refractivity contribution is 6.01. The number of nitrogens with zero attached hydrogens (tertiary/aromatic N) is 1. The molecule has 0 unspecified atom stereocenters. The number of alkyl halides is 3. The van der Waals surface area contributed by atoms with Gasteiger partial charge in [-0.25, -0.2) is 9.18 Å². The van der Waals surface area contributed by atoms with E-state index in [0.717, 1.165) is 12.3 Å². The molecule has 0 aliphatic heterocycles. The molecule has 36 heavy (non-hydrogen) atoms. The van der Waals surface area contributed by atoms with Crippen LogP contribution in [0, 0.1) is 5.82 Å². The van der Waals surface area contributed by atoms with Crippen LogP contribution < -0.4 is 15.4 Å². The summed E-state index contributed by atoms with van der Waals surface area (Å²) in [7, 11) is 0. The zero-order chi connectivity index (χ0) is 25.7. The van der Waals surface area contributed by atoms with Gasteiger partial charge in [-0.3, -0.25) is 15.1 Å². The van der Waals surface area contributed by atoms with Gasteiger partial charge in [-0.1, -0.05) is 12.1 Å². The molecule has 0 saturated carbocycles. The predicted octanol–water partition coefficient (Wildman–Crippen LogP) is 5.92. The van der Waals surface area contributed by atoms with E-state index in [0.29, 0.717) is 22.7 Å². The third-order valence-corrected chi connectivity index (χ3v) is 4.90. The molecule has 2 aromatic heterocycles. The van der Waals surface area contributed by atoms with Gasteiger partial charge in [0.15, 0.2) is 0 Å². The molecule has 0 bridgehead atoms. The highest BCUT2D eigenvalue weighted by Gasteiger charge is 2.31. The first-order valence-electron chi connectivity index (χ1n) is 10.5. The fourth-order valence-electron chi connectivity index (χ4n) is 3.19. The van der Waals surface area contributed by atoms with E-state index in [2.05, 4.69) is 20.6 Å². The van der Waals surface area contributed by atoms with Gasteiger partial charge in [0.05, 0.1) is 23.4 Å². The van der Waals surface area contributed by atoms with E-state index in [1.165, 1.54) is 36.5 Å². The van der Waals surface area contributed by atoms with Crippen molar-refractivity contribution in [3.05, 3.63) is 96.1 Å². The van der Waals surface area contributed by atoms with Gasteiger partial charge in [0.2, 0.25) is 5.91 Å². The number of halogens is 4. The van der Waals surface area contributed by atoms with Gasteiger partial charge < -0.3 is 15.0 Å². The van der Waals surface area contributed by atoms with Crippen LogP contribution in [-0.4, -0.2) is 21.9 Å². The molecule has 0 spiro atoms. The summed E-state index contributed by atoms with van der Waals surface area (Å²) in [6, 6.07) is 14.8. The molecule has 0 fully saturated rings. The Morgan fingerprint density at radius 1 is 0.944 bits per heavy atom. The molecule has 11 heteroatoms. The Morgan fingerprint density at radius 3 is 2.33 bits per heavy atom. The lowest BCUT2D eigenvalue weighted by atomic mass is 10.1. The third-order valence-electron chi connectivity index (χ3n) is 4.90. The Kier molecular flexibility index (Phi) is 7.00. The number of aromatic nitrogens is 2. The smallest absolute Gasteiger partial charge is 0.417 e. The van der Waals surface area contributed by atoms with Crippen LogP contribution in [-0.2, 0) is 17.4 Å². The monoisotopic (exact) mass is 498 g/mol. The average molecular weight is 498 g/mol. The minimum Gasteiger partial charge on any atom is -0.457 e. The Bertz CT molecular complexity index is 1370. The van der Waals surface area contributed by atoms with Gasteiger partial charge in [0.1, 0.15) is 17.3 Å². The summed E-state index contributed by atoms with van der Waals surface area (Å²) in [5.74, 6) is -0.244. The summed E-state index contributed by atoms with van der Waals surface area (Å²) in [5.41, 5.74) is 0.584. The lowest BCUT2D eigenvalue weighted by Crippen LogP contribution is -2.35. The zero-order valence-corrected chi connectivity index (χ0v) is 18.4. The maximum Gasteiger partial charge on any atom is 0.417 e. The van der Waals surface area contributed by atoms with Crippen LogP contribution in [0.4, 0.5) is 28.0 Å². The van der Waals surface area contributed by atoms with Crippen molar-refractivity contribution in [3.8, 4) is 22.9 Å². The number of hydrogen-bond acceptors (Lipinski definition) is 4. The van der Waals surface area contributed by atoms with Crippen LogP contribution >= 0.6 is 0 Å². The van der Waals surface area contributed by atoms with Crippen molar-refractivity contribution >= 4 is 17.6 Å². The van der Waals surface area contributed by atoms with Crippen LogP contribution in [0.3, 0.4) is 0 Å². The van der Waals surface area contributed by atoms with Crippen molar-refractivity contribution in [1.82, 2.24) is 15.3 Å². The summed E-state index contributed by atoms with van der Waals surface area (Å²) in [4.78, 5) is 30.7. The van der Waals surface area contributed by atoms with E-state index < -0.39 is 29.5 Å². The van der Waals surface area contributed by atoms with E-state index in [9.17, 15) is 27.2 Å². The summed E-state index contributed by atoms with van der Waals surface area (Å²) in [6.07, 6.45) is -2.29. The summed E-state index contributed by atoms with van der Waals surface area (Å²) in [6.45, 7) is 0. The van der Waals surface area contributed by atoms with Gasteiger partial charge in [-0.15, -0.1) is 0 Å². The number of ether oxygens (including phenoxy) is 1. The van der Waals surface area contributed by atoms with Crippen LogP contribution in [0.1, 0.15) is 11.1 Å². The second kappa shape index (κ2) is 10.3. The number of pyridine rings is 1. The second-order valence-corrected chi connectivity index (χ2v) is 7.61. The maximum absolute atomic E-state index is 12.9. The van der Waals surface area contributed by atoms with Crippen LogP contribution in [0.5, 0.6) is 11.5 Å². The van der Waals surface area contributed by atoms with Crippen molar-refractivity contribution in [2.45, 2.75) is 12.6 Å². The number of carbonyl (C=O) groups excluding carboxylic acids is 2. The number of carbonyl (C=O) groups is 2. The number of rotatable bonds is 6. The highest BCUT2D eigenvalue weighted by Crippen LogP contribution is 2.32. The van der Waals surface area contributed by atoms with Crippen LogP contribution in [0.15, 0.2) is 79.1 Å². The number of hydrogen-bond donors (Lipinski definition) is 3. The molecule has 0 aliphatic rings. The van der Waals surface area contributed by atoms with Crippen molar-refractivity contribution in [2.75, 3.05) is 5.32 Å². The average Bonchev–Trinajstić information content (AvgIpc) is 3.33. The van der Waals surface area contributed by atoms with E-state index in [4.69, 9.17) is 4.74 Å². The molecule has 0 atom stereocenters. The molecule has 4 aromatic rings. The lowest BCUT2D eigenvalue weighted by Gasteiger charge is -2.09. The molecule has 0 aliphatic carbocycles. The van der Waals surface area contributed by atoms with Crippen molar-refractivity contribution in [3.63, 3.8) is 0 Å². The van der Waals surface area contributed by atoms with E-state index in [1.807, 2.05) is 0 Å². The number of H-pyrrole nitrogens is 1. The van der Waals surface area contributed by atoms with Crippen LogP contribution in [0.2, 0.25) is 0 Å². The van der Waals surface area contributed by atoms with Crippen molar-refractivity contribution in [2.24, 2.45) is 0 Å². The molecule has 0 radical (unpaired) electrons. The van der Waals surface area contributed by atoms with Gasteiger partial charge in [-0.2, -0.15) is 13.2 Å². The first-order chi connectivity index (χ1) is 17.2. The first-order valence-corrected chi connectivity index (χ1v) is 10.5. The standard InChI is InChI=1S/C25H18F4N4O3/c26-17-3-1-15(2-4-17)11-23(34)33-24(35)32-18-5-7-19(8-6-18)36-20-9-10-30-22(13-20)21-12-16(14-31-21)25(27,28)29/h1-10,12-14,31H,11H2,(H2,32,33,34,35). The fourth-order valence-corrected chi connectivity index (χ4v) is 3.19. The molecular weight excluding hydrogens is 480 g/mol. The molecule has 2 aromatic carbocycles. The molecule has 0 saturated heterocycles. The summed E-state index contributed by atoms with van der Waals surface area (Å²) >= 11 is 0. The normalized spacial score (nSPS) is 11.1. The first kappa shape index (κ1) is 24.5. The highest BCUT2D eigenvalue weighted by atomic mass is 19.4. The van der Waals surface area contributed by atoms with E-state index in [1.54, 1.807) is 30.3 Å². The van der Waals surface area contributed by atoms with Gasteiger partial charge in [-0.05, 0) is 54.1 Å². The number of imide groups is 1. The maximum atomic E-state index is 12.9. The topological polar surface area (TPSA) is 96.1 Å². The molecule has 3 N–H and O–H groups in total. The largest absolute Gasteiger partial charge is 0.457 e. The second-order valence-electron chi connectivity index (χ2n) is 7.61. The number of benzene rings is 2. The third kappa shape index (κ3) is 6.47. The van der Waals surface area contributed by atoms with Crippen molar-refractivity contribution in [1.29, 1.82) is 0 Å². The Morgan fingerprint density at radius 2 is 1.67 bits per heavy atom. The number of aromatic amines is 1. The number of amides is 3. The summed E-state index contributed by atoms with van der Waals surface area (Å²) < 4.78 is 57.2. The summed E-state index contributed by atoms with van der Waals surface area (Å²) in [5, 5.41) is 4.70. The van der Waals surface area contributed by atoms with Crippen LogP contribution in [0.25, 0.3) is 11.4 Å². The fraction of sp³-hybridized carbons (Fsp3) is 0.0800. The molecule has 7 nitrogen and oxygen atoms in total. The minimum atomic E-state index is -4.47. The molecule has 184 valence electrons. The van der Waals surface area contributed by atoms with Gasteiger partial charge in [0.25, 0.3) is 0 Å². The van der Waals surface area contributed by atoms with Gasteiger partial charge in [0, 0.05) is 24.1 Å². The number of nitrogens with one attached hydrogen (secondary N) is 3. The minimum absolute atomic E-state index is 0.0889. The molecule has 3 amide bonds. The molecular formula is C25H18F4N4O3. The lowest BCUT2D eigenvalue weighted by molar-refractivity contribution is -0.137. The Balaban J connectivity index is 1.33. The number of anilines is 1. The van der Waals surface area contributed by atoms with Crippen molar-refractivity contribution < 1.29 is 31.9 Å². The zero-order valence-electron chi connectivity index (χ0n) is 18.4. The van der Waals surface area contributed by atoms with E-state index in [-0.39, 0.29) is 17.8 Å². The SMILES string of the molecule is O=C(Cc1ccc(F)cc1)NC(=O)Nc1ccc(Oc2ccnc(-c3cc(C(F)(F)F)c[nH]3)c2)cc1. The number of urea groups is 1. The van der Waals surface area contributed by atoms with E-state index >= 15 is 0 Å². The Labute approximate surface area is 202 Å². The predicted molar refractivity (Wildman–Crippen MR) is 123 cm³/mol. The molecule has 2 heterocycles. The van der Waals surface area contributed by atoms with Gasteiger partial charge >= 0.3 is 12.2 Å². The Hall–Kier alpha value is -4.67.